The number of ether oxygens (including phenoxy) is 1. The second kappa shape index (κ2) is 7.89. The SMILES string of the molecule is CC(C)COCCNS(=O)(=O)c1cc(Br)cnc1NN. The van der Waals surface area contributed by atoms with Crippen molar-refractivity contribution < 1.29 is 13.2 Å². The third-order valence-electron chi connectivity index (χ3n) is 2.24. The Morgan fingerprint density at radius 1 is 1.50 bits per heavy atom. The number of nitrogens with one attached hydrogen (secondary N) is 2. The minimum Gasteiger partial charge on any atom is -0.380 e. The van der Waals surface area contributed by atoms with Gasteiger partial charge in [0.15, 0.2) is 5.82 Å². The molecule has 1 aromatic rings. The molecule has 0 saturated heterocycles. The largest absolute Gasteiger partial charge is 0.380 e. The quantitative estimate of drug-likeness (QED) is 0.361. The van der Waals surface area contributed by atoms with Crippen molar-refractivity contribution in [3.05, 3.63) is 16.7 Å². The van der Waals surface area contributed by atoms with Crippen molar-refractivity contribution in [1.29, 1.82) is 0 Å². The Morgan fingerprint density at radius 2 is 2.20 bits per heavy atom. The fourth-order valence-electron chi connectivity index (χ4n) is 1.38. The Labute approximate surface area is 127 Å². The maximum absolute atomic E-state index is 12.1. The molecule has 0 amide bonds. The van der Waals surface area contributed by atoms with Crippen LogP contribution in [0.1, 0.15) is 13.8 Å². The van der Waals surface area contributed by atoms with Gasteiger partial charge in [0.2, 0.25) is 10.0 Å². The predicted octanol–water partition coefficient (Wildman–Crippen LogP) is 1.08. The van der Waals surface area contributed by atoms with Crippen molar-refractivity contribution in [2.45, 2.75) is 18.7 Å². The van der Waals surface area contributed by atoms with Crippen molar-refractivity contribution in [3.63, 3.8) is 0 Å². The Balaban J connectivity index is 2.67. The molecule has 20 heavy (non-hydrogen) atoms. The highest BCUT2D eigenvalue weighted by molar-refractivity contribution is 9.10. The molecular formula is C11H19BrN4O3S. The predicted molar refractivity (Wildman–Crippen MR) is 80.6 cm³/mol. The van der Waals surface area contributed by atoms with Gasteiger partial charge in [-0.2, -0.15) is 0 Å². The lowest BCUT2D eigenvalue weighted by molar-refractivity contribution is 0.114. The van der Waals surface area contributed by atoms with E-state index >= 15 is 0 Å². The van der Waals surface area contributed by atoms with Crippen LogP contribution in [0.3, 0.4) is 0 Å². The lowest BCUT2D eigenvalue weighted by atomic mass is 10.2. The summed E-state index contributed by atoms with van der Waals surface area (Å²) in [5.74, 6) is 5.76. The van der Waals surface area contributed by atoms with Crippen molar-refractivity contribution in [2.24, 2.45) is 11.8 Å². The lowest BCUT2D eigenvalue weighted by Gasteiger charge is -2.11. The molecule has 9 heteroatoms. The van der Waals surface area contributed by atoms with E-state index in [9.17, 15) is 8.42 Å². The number of pyridine rings is 1. The van der Waals surface area contributed by atoms with Crippen LogP contribution in [-0.2, 0) is 14.8 Å². The van der Waals surface area contributed by atoms with Crippen LogP contribution in [0.15, 0.2) is 21.6 Å². The first-order chi connectivity index (χ1) is 9.36. The summed E-state index contributed by atoms with van der Waals surface area (Å²) >= 11 is 3.18. The molecule has 0 spiro atoms. The van der Waals surface area contributed by atoms with E-state index in [1.54, 1.807) is 0 Å². The van der Waals surface area contributed by atoms with Crippen molar-refractivity contribution in [1.82, 2.24) is 9.71 Å². The number of hydrogen-bond donors (Lipinski definition) is 3. The highest BCUT2D eigenvalue weighted by Gasteiger charge is 2.19. The molecule has 0 atom stereocenters. The molecule has 1 heterocycles. The molecule has 4 N–H and O–H groups in total. The van der Waals surface area contributed by atoms with Gasteiger partial charge in [-0.05, 0) is 27.9 Å². The molecule has 0 bridgehead atoms. The van der Waals surface area contributed by atoms with Gasteiger partial charge in [0, 0.05) is 23.8 Å². The number of nitrogens with zero attached hydrogens (tertiary/aromatic N) is 1. The van der Waals surface area contributed by atoms with Gasteiger partial charge in [0.25, 0.3) is 0 Å². The van der Waals surface area contributed by atoms with Crippen molar-refractivity contribution in [3.8, 4) is 0 Å². The molecule has 1 aromatic heterocycles. The van der Waals surface area contributed by atoms with Crippen LogP contribution in [0.2, 0.25) is 0 Å². The van der Waals surface area contributed by atoms with Crippen LogP contribution in [0.4, 0.5) is 5.82 Å². The van der Waals surface area contributed by atoms with Gasteiger partial charge in [0.05, 0.1) is 6.61 Å². The Morgan fingerprint density at radius 3 is 2.80 bits per heavy atom. The molecule has 114 valence electrons. The number of sulfonamides is 1. The van der Waals surface area contributed by atoms with Crippen LogP contribution < -0.4 is 16.0 Å². The topological polar surface area (TPSA) is 106 Å². The number of anilines is 1. The van der Waals surface area contributed by atoms with Gasteiger partial charge in [0.1, 0.15) is 4.90 Å². The summed E-state index contributed by atoms with van der Waals surface area (Å²) in [4.78, 5) is 3.88. The highest BCUT2D eigenvalue weighted by atomic mass is 79.9. The van der Waals surface area contributed by atoms with E-state index in [1.165, 1.54) is 12.3 Å². The number of aromatic nitrogens is 1. The summed E-state index contributed by atoms with van der Waals surface area (Å²) < 4.78 is 32.6. The molecule has 0 aliphatic heterocycles. The third-order valence-corrected chi connectivity index (χ3v) is 4.14. The third kappa shape index (κ3) is 5.33. The molecule has 0 radical (unpaired) electrons. The fourth-order valence-corrected chi connectivity index (χ4v) is 3.02. The molecule has 0 fully saturated rings. The van der Waals surface area contributed by atoms with Crippen LogP contribution in [0, 0.1) is 5.92 Å². The van der Waals surface area contributed by atoms with Crippen LogP contribution in [0.25, 0.3) is 0 Å². The van der Waals surface area contributed by atoms with E-state index in [2.05, 4.69) is 31.1 Å². The van der Waals surface area contributed by atoms with E-state index in [0.29, 0.717) is 23.6 Å². The summed E-state index contributed by atoms with van der Waals surface area (Å²) in [6, 6.07) is 1.43. The van der Waals surface area contributed by atoms with E-state index < -0.39 is 10.0 Å². The maximum Gasteiger partial charge on any atom is 0.244 e. The minimum atomic E-state index is -3.69. The van der Waals surface area contributed by atoms with Crippen molar-refractivity contribution >= 4 is 31.8 Å². The zero-order valence-electron chi connectivity index (χ0n) is 11.4. The normalized spacial score (nSPS) is 11.8. The molecule has 0 aliphatic carbocycles. The number of halogens is 1. The Hall–Kier alpha value is -0.740. The lowest BCUT2D eigenvalue weighted by Crippen LogP contribution is -2.29. The smallest absolute Gasteiger partial charge is 0.244 e. The zero-order valence-corrected chi connectivity index (χ0v) is 13.8. The summed E-state index contributed by atoms with van der Waals surface area (Å²) in [6.07, 6.45) is 1.46. The van der Waals surface area contributed by atoms with E-state index in [4.69, 9.17) is 10.6 Å². The Kier molecular flexibility index (Phi) is 6.83. The zero-order chi connectivity index (χ0) is 15.2. The van der Waals surface area contributed by atoms with E-state index in [-0.39, 0.29) is 17.3 Å². The average Bonchev–Trinajstić information content (AvgIpc) is 2.37. The molecule has 0 aromatic carbocycles. The van der Waals surface area contributed by atoms with Gasteiger partial charge in [-0.25, -0.2) is 24.0 Å². The van der Waals surface area contributed by atoms with Gasteiger partial charge in [-0.15, -0.1) is 0 Å². The van der Waals surface area contributed by atoms with Gasteiger partial charge in [-0.3, -0.25) is 0 Å². The summed E-state index contributed by atoms with van der Waals surface area (Å²) in [7, 11) is -3.69. The standard InChI is InChI=1S/C11H19BrN4O3S/c1-8(2)7-19-4-3-15-20(17,18)10-5-9(12)6-14-11(10)16-13/h5-6,8,15H,3-4,7,13H2,1-2H3,(H,14,16). The van der Waals surface area contributed by atoms with Gasteiger partial charge < -0.3 is 10.2 Å². The number of hydrazine groups is 1. The minimum absolute atomic E-state index is 0.0155. The van der Waals surface area contributed by atoms with Crippen LogP contribution in [0.5, 0.6) is 0 Å². The first-order valence-corrected chi connectivity index (χ1v) is 8.34. The van der Waals surface area contributed by atoms with Gasteiger partial charge >= 0.3 is 0 Å². The summed E-state index contributed by atoms with van der Waals surface area (Å²) in [6.45, 7) is 5.14. The number of nitrogen functional groups attached to an aromatic ring is 1. The van der Waals surface area contributed by atoms with Gasteiger partial charge in [-0.1, -0.05) is 13.8 Å². The number of nitrogens with two attached hydrogens (primary N) is 1. The van der Waals surface area contributed by atoms with Crippen LogP contribution >= 0.6 is 15.9 Å². The first-order valence-electron chi connectivity index (χ1n) is 6.06. The first kappa shape index (κ1) is 17.3. The molecule has 7 nitrogen and oxygen atoms in total. The average molecular weight is 367 g/mol. The summed E-state index contributed by atoms with van der Waals surface area (Å²) in [5, 5.41) is 0. The second-order valence-corrected chi connectivity index (χ2v) is 7.16. The number of rotatable bonds is 8. The number of hydrogen-bond acceptors (Lipinski definition) is 6. The molecule has 0 aliphatic rings. The van der Waals surface area contributed by atoms with Crippen molar-refractivity contribution in [2.75, 3.05) is 25.2 Å². The van der Waals surface area contributed by atoms with E-state index in [0.717, 1.165) is 0 Å². The van der Waals surface area contributed by atoms with Crippen LogP contribution in [-0.4, -0.2) is 33.2 Å². The molecule has 0 saturated carbocycles. The molecule has 0 unspecified atom stereocenters. The molecular weight excluding hydrogens is 348 g/mol. The maximum atomic E-state index is 12.1. The Bertz CT molecular complexity index is 536. The fraction of sp³-hybridized carbons (Fsp3) is 0.545. The second-order valence-electron chi connectivity index (χ2n) is 4.51. The molecule has 1 rings (SSSR count). The summed E-state index contributed by atoms with van der Waals surface area (Å²) in [5.41, 5.74) is 2.26. The van der Waals surface area contributed by atoms with E-state index in [1.807, 2.05) is 13.8 Å². The highest BCUT2D eigenvalue weighted by Crippen LogP contribution is 2.21. The monoisotopic (exact) mass is 366 g/mol.